The molecule has 0 bridgehead atoms. The third-order valence-corrected chi connectivity index (χ3v) is 3.36. The summed E-state index contributed by atoms with van der Waals surface area (Å²) in [5.41, 5.74) is 1.70. The molecule has 2 rings (SSSR count). The Kier molecular flexibility index (Phi) is 5.66. The molecule has 1 aromatic carbocycles. The van der Waals surface area contributed by atoms with Crippen molar-refractivity contribution >= 4 is 5.91 Å². The summed E-state index contributed by atoms with van der Waals surface area (Å²) in [5, 5.41) is 11.2. The fraction of sp³-hybridized carbons (Fsp3) is 0.438. The van der Waals surface area contributed by atoms with E-state index in [4.69, 9.17) is 0 Å². The Hall–Kier alpha value is -2.21. The van der Waals surface area contributed by atoms with Crippen LogP contribution in [0.4, 0.5) is 0 Å². The lowest BCUT2D eigenvalue weighted by Crippen LogP contribution is -2.27. The first-order chi connectivity index (χ1) is 10.6. The molecule has 22 heavy (non-hydrogen) atoms. The first-order valence-electron chi connectivity index (χ1n) is 7.48. The first kappa shape index (κ1) is 16.2. The quantitative estimate of drug-likeness (QED) is 0.847. The van der Waals surface area contributed by atoms with Gasteiger partial charge in [-0.2, -0.15) is 0 Å². The summed E-state index contributed by atoms with van der Waals surface area (Å²) < 4.78 is 1.71. The number of rotatable bonds is 7. The molecule has 1 atom stereocenters. The van der Waals surface area contributed by atoms with Crippen LogP contribution in [0.5, 0.6) is 0 Å². The van der Waals surface area contributed by atoms with Crippen molar-refractivity contribution in [1.82, 2.24) is 25.2 Å². The average molecular weight is 301 g/mol. The van der Waals surface area contributed by atoms with Gasteiger partial charge < -0.3 is 10.2 Å². The second-order valence-corrected chi connectivity index (χ2v) is 5.62. The number of benzene rings is 1. The fourth-order valence-corrected chi connectivity index (χ4v) is 2.13. The number of aromatic nitrogens is 3. The van der Waals surface area contributed by atoms with E-state index in [0.29, 0.717) is 6.42 Å². The molecule has 0 aliphatic heterocycles. The molecule has 118 valence electrons. The van der Waals surface area contributed by atoms with E-state index in [0.717, 1.165) is 24.3 Å². The van der Waals surface area contributed by atoms with Crippen LogP contribution in [0.3, 0.4) is 0 Å². The van der Waals surface area contributed by atoms with E-state index in [1.165, 1.54) is 0 Å². The van der Waals surface area contributed by atoms with Gasteiger partial charge in [-0.15, -0.1) is 5.10 Å². The van der Waals surface area contributed by atoms with E-state index in [9.17, 15) is 4.79 Å². The highest BCUT2D eigenvalue weighted by molar-refractivity contribution is 5.76. The van der Waals surface area contributed by atoms with Crippen molar-refractivity contribution in [3.8, 4) is 5.69 Å². The second kappa shape index (κ2) is 7.70. The largest absolute Gasteiger partial charge is 0.348 e. The van der Waals surface area contributed by atoms with E-state index in [1.807, 2.05) is 57.5 Å². The van der Waals surface area contributed by atoms with E-state index in [1.54, 1.807) is 4.68 Å². The molecule has 0 spiro atoms. The Balaban J connectivity index is 1.89. The zero-order valence-corrected chi connectivity index (χ0v) is 13.4. The minimum absolute atomic E-state index is 0.0450. The second-order valence-electron chi connectivity index (χ2n) is 5.62. The molecule has 1 unspecified atom stereocenters. The monoisotopic (exact) mass is 301 g/mol. The minimum Gasteiger partial charge on any atom is -0.348 e. The van der Waals surface area contributed by atoms with Crippen molar-refractivity contribution in [2.45, 2.75) is 25.8 Å². The molecule has 0 fully saturated rings. The average Bonchev–Trinajstić information content (AvgIpc) is 2.97. The lowest BCUT2D eigenvalue weighted by atomic mass is 10.2. The van der Waals surface area contributed by atoms with E-state index >= 15 is 0 Å². The molecule has 6 heteroatoms. The molecular weight excluding hydrogens is 278 g/mol. The van der Waals surface area contributed by atoms with Gasteiger partial charge >= 0.3 is 0 Å². The Bertz CT molecular complexity index is 594. The molecule has 0 saturated carbocycles. The summed E-state index contributed by atoms with van der Waals surface area (Å²) in [6.45, 7) is 2.83. The Morgan fingerprint density at radius 3 is 2.73 bits per heavy atom. The maximum atomic E-state index is 11.9. The van der Waals surface area contributed by atoms with Crippen LogP contribution in [0, 0.1) is 0 Å². The van der Waals surface area contributed by atoms with E-state index < -0.39 is 0 Å². The molecule has 0 aliphatic carbocycles. The predicted octanol–water partition coefficient (Wildman–Crippen LogP) is 1.79. The highest BCUT2D eigenvalue weighted by Crippen LogP contribution is 2.12. The van der Waals surface area contributed by atoms with Crippen LogP contribution >= 0.6 is 0 Å². The van der Waals surface area contributed by atoms with Crippen molar-refractivity contribution in [3.05, 3.63) is 42.2 Å². The Morgan fingerprint density at radius 2 is 2.05 bits per heavy atom. The third-order valence-electron chi connectivity index (χ3n) is 3.36. The van der Waals surface area contributed by atoms with Gasteiger partial charge in [0.05, 0.1) is 17.9 Å². The molecule has 0 aliphatic rings. The van der Waals surface area contributed by atoms with Crippen molar-refractivity contribution in [2.24, 2.45) is 0 Å². The van der Waals surface area contributed by atoms with Crippen LogP contribution in [0.25, 0.3) is 5.69 Å². The van der Waals surface area contributed by atoms with Gasteiger partial charge in [0.25, 0.3) is 0 Å². The van der Waals surface area contributed by atoms with Crippen LogP contribution in [0.2, 0.25) is 0 Å². The molecule has 1 heterocycles. The molecule has 1 amide bonds. The zero-order chi connectivity index (χ0) is 15.9. The summed E-state index contributed by atoms with van der Waals surface area (Å²) in [4.78, 5) is 14.0. The maximum Gasteiger partial charge on any atom is 0.220 e. The molecule has 1 N–H and O–H groups in total. The summed E-state index contributed by atoms with van der Waals surface area (Å²) in [7, 11) is 4.00. The van der Waals surface area contributed by atoms with Gasteiger partial charge in [-0.1, -0.05) is 23.4 Å². The lowest BCUT2D eigenvalue weighted by molar-refractivity contribution is -0.121. The number of hydrogen-bond acceptors (Lipinski definition) is 4. The van der Waals surface area contributed by atoms with Gasteiger partial charge in [0.2, 0.25) is 5.91 Å². The van der Waals surface area contributed by atoms with Gasteiger partial charge in [0.15, 0.2) is 0 Å². The normalized spacial score (nSPS) is 12.4. The summed E-state index contributed by atoms with van der Waals surface area (Å²) in [6, 6.07) is 9.63. The lowest BCUT2D eigenvalue weighted by Gasteiger charge is -2.12. The Labute approximate surface area is 131 Å². The van der Waals surface area contributed by atoms with Gasteiger partial charge in [-0.3, -0.25) is 4.79 Å². The minimum atomic E-state index is -0.149. The molecular formula is C16H23N5O. The van der Waals surface area contributed by atoms with Crippen LogP contribution in [0.1, 0.15) is 31.5 Å². The van der Waals surface area contributed by atoms with Gasteiger partial charge in [-0.05, 0) is 46.1 Å². The number of carbonyl (C=O) groups excluding carboxylic acids is 1. The SMILES string of the molecule is CC(NC(=O)CCCN(C)C)c1cn(-c2ccccc2)nn1. The smallest absolute Gasteiger partial charge is 0.220 e. The fourth-order valence-electron chi connectivity index (χ4n) is 2.13. The number of para-hydroxylation sites is 1. The molecule has 0 saturated heterocycles. The van der Waals surface area contributed by atoms with Crippen LogP contribution < -0.4 is 5.32 Å². The van der Waals surface area contributed by atoms with Crippen LogP contribution in [-0.4, -0.2) is 46.4 Å². The standard InChI is InChI=1S/C16H23N5O/c1-13(17-16(22)10-7-11-20(2)3)15-12-21(19-18-15)14-8-5-4-6-9-14/h4-6,8-9,12-13H,7,10-11H2,1-3H3,(H,17,22). The highest BCUT2D eigenvalue weighted by Gasteiger charge is 2.13. The van der Waals surface area contributed by atoms with Gasteiger partial charge in [0, 0.05) is 6.42 Å². The summed E-state index contributed by atoms with van der Waals surface area (Å²) in [6.07, 6.45) is 3.22. The summed E-state index contributed by atoms with van der Waals surface area (Å²) in [5.74, 6) is 0.0450. The topological polar surface area (TPSA) is 63.1 Å². The zero-order valence-electron chi connectivity index (χ0n) is 13.4. The van der Waals surface area contributed by atoms with Crippen molar-refractivity contribution in [1.29, 1.82) is 0 Å². The van der Waals surface area contributed by atoms with Gasteiger partial charge in [0.1, 0.15) is 5.69 Å². The van der Waals surface area contributed by atoms with Crippen molar-refractivity contribution in [3.63, 3.8) is 0 Å². The third kappa shape index (κ3) is 4.66. The maximum absolute atomic E-state index is 11.9. The molecule has 2 aromatic rings. The highest BCUT2D eigenvalue weighted by atomic mass is 16.1. The predicted molar refractivity (Wildman–Crippen MR) is 85.7 cm³/mol. The van der Waals surface area contributed by atoms with Crippen molar-refractivity contribution < 1.29 is 4.79 Å². The number of carbonyl (C=O) groups is 1. The number of nitrogens with one attached hydrogen (secondary N) is 1. The van der Waals surface area contributed by atoms with Crippen LogP contribution in [0.15, 0.2) is 36.5 Å². The van der Waals surface area contributed by atoms with Crippen LogP contribution in [-0.2, 0) is 4.79 Å². The number of nitrogens with zero attached hydrogens (tertiary/aromatic N) is 4. The molecule has 1 aromatic heterocycles. The number of amides is 1. The van der Waals surface area contributed by atoms with Gasteiger partial charge in [-0.25, -0.2) is 4.68 Å². The summed E-state index contributed by atoms with van der Waals surface area (Å²) >= 11 is 0. The van der Waals surface area contributed by atoms with Crippen molar-refractivity contribution in [2.75, 3.05) is 20.6 Å². The molecule has 6 nitrogen and oxygen atoms in total. The first-order valence-corrected chi connectivity index (χ1v) is 7.48. The van der Waals surface area contributed by atoms with E-state index in [-0.39, 0.29) is 11.9 Å². The Morgan fingerprint density at radius 1 is 1.32 bits per heavy atom. The van der Waals surface area contributed by atoms with E-state index in [2.05, 4.69) is 20.5 Å². The number of hydrogen-bond donors (Lipinski definition) is 1. The molecule has 0 radical (unpaired) electrons.